The molecule has 1 N–H and O–H groups in total. The summed E-state index contributed by atoms with van der Waals surface area (Å²) >= 11 is 3.72. The first kappa shape index (κ1) is 14.1. The van der Waals surface area contributed by atoms with E-state index in [2.05, 4.69) is 21.2 Å². The molecule has 1 amide bonds. The molecule has 3 rings (SSSR count). The molecule has 1 saturated carbocycles. The van der Waals surface area contributed by atoms with E-state index in [-0.39, 0.29) is 11.9 Å². The zero-order valence-corrected chi connectivity index (χ0v) is 13.1. The number of carbonyl (C=O) groups is 1. The van der Waals surface area contributed by atoms with E-state index in [1.54, 1.807) is 0 Å². The highest BCUT2D eigenvalue weighted by Gasteiger charge is 2.24. The molecule has 1 aromatic rings. The van der Waals surface area contributed by atoms with Gasteiger partial charge < -0.3 is 10.1 Å². The Morgan fingerprint density at radius 3 is 2.85 bits per heavy atom. The van der Waals surface area contributed by atoms with Gasteiger partial charge in [0.15, 0.2) is 0 Å². The lowest BCUT2D eigenvalue weighted by atomic mass is 10.0. The highest BCUT2D eigenvalue weighted by atomic mass is 79.9. The number of alkyl halides is 1. The van der Waals surface area contributed by atoms with Gasteiger partial charge in [0.2, 0.25) is 0 Å². The van der Waals surface area contributed by atoms with Gasteiger partial charge in [0.1, 0.15) is 0 Å². The summed E-state index contributed by atoms with van der Waals surface area (Å²) in [5.41, 5.74) is 3.10. The highest BCUT2D eigenvalue weighted by molar-refractivity contribution is 9.09. The third-order valence-corrected chi connectivity index (χ3v) is 5.33. The topological polar surface area (TPSA) is 38.3 Å². The average Bonchev–Trinajstić information content (AvgIpc) is 2.83. The molecule has 1 aromatic carbocycles. The summed E-state index contributed by atoms with van der Waals surface area (Å²) < 4.78 is 5.39. The van der Waals surface area contributed by atoms with Crippen LogP contribution in [-0.2, 0) is 18.0 Å². The molecule has 108 valence electrons. The summed E-state index contributed by atoms with van der Waals surface area (Å²) in [6.07, 6.45) is 5.92. The fraction of sp³-hybridized carbons (Fsp3) is 0.562. The lowest BCUT2D eigenvalue weighted by Gasteiger charge is -2.21. The molecule has 2 unspecified atom stereocenters. The van der Waals surface area contributed by atoms with Gasteiger partial charge in [-0.15, -0.1) is 0 Å². The second-order valence-corrected chi connectivity index (χ2v) is 6.89. The normalized spacial score (nSPS) is 25.9. The van der Waals surface area contributed by atoms with Crippen molar-refractivity contribution in [3.05, 3.63) is 34.9 Å². The Bertz CT molecular complexity index is 503. The Morgan fingerprint density at radius 1 is 1.15 bits per heavy atom. The van der Waals surface area contributed by atoms with E-state index >= 15 is 0 Å². The van der Waals surface area contributed by atoms with Crippen LogP contribution in [0.3, 0.4) is 0 Å². The van der Waals surface area contributed by atoms with Gasteiger partial charge in [0.05, 0.1) is 13.2 Å². The number of ether oxygens (including phenoxy) is 1. The number of fused-ring (bicyclic) bond motifs is 1. The van der Waals surface area contributed by atoms with E-state index in [1.807, 2.05) is 18.2 Å². The second-order valence-electron chi connectivity index (χ2n) is 5.71. The van der Waals surface area contributed by atoms with E-state index < -0.39 is 0 Å². The molecule has 0 radical (unpaired) electrons. The Morgan fingerprint density at radius 2 is 1.95 bits per heavy atom. The number of nitrogens with one attached hydrogen (secondary N) is 1. The first-order valence-electron chi connectivity index (χ1n) is 7.38. The predicted octanol–water partition coefficient (Wildman–Crippen LogP) is 3.54. The van der Waals surface area contributed by atoms with Crippen molar-refractivity contribution in [2.75, 3.05) is 0 Å². The monoisotopic (exact) mass is 337 g/mol. The summed E-state index contributed by atoms with van der Waals surface area (Å²) in [6.45, 7) is 1.30. The molecule has 0 aromatic heterocycles. The number of hydrogen-bond donors (Lipinski definition) is 1. The van der Waals surface area contributed by atoms with E-state index in [0.717, 1.165) is 24.0 Å². The second kappa shape index (κ2) is 6.27. The van der Waals surface area contributed by atoms with Gasteiger partial charge in [0.25, 0.3) is 5.91 Å². The minimum Gasteiger partial charge on any atom is -0.372 e. The molecule has 2 aliphatic rings. The van der Waals surface area contributed by atoms with Crippen molar-refractivity contribution >= 4 is 21.8 Å². The summed E-state index contributed by atoms with van der Waals surface area (Å²) in [4.78, 5) is 12.8. The first-order valence-corrected chi connectivity index (χ1v) is 8.30. The number of halogens is 1. The maximum Gasteiger partial charge on any atom is 0.251 e. The van der Waals surface area contributed by atoms with Crippen LogP contribution in [0.1, 0.15) is 53.6 Å². The van der Waals surface area contributed by atoms with Crippen molar-refractivity contribution in [3.63, 3.8) is 0 Å². The third kappa shape index (κ3) is 3.07. The Labute approximate surface area is 128 Å². The maximum atomic E-state index is 12.4. The molecule has 4 heteroatoms. The highest BCUT2D eigenvalue weighted by Crippen LogP contribution is 2.25. The van der Waals surface area contributed by atoms with Gasteiger partial charge in [0, 0.05) is 16.4 Å². The number of carbonyl (C=O) groups excluding carboxylic acids is 1. The smallest absolute Gasteiger partial charge is 0.251 e. The molecule has 1 fully saturated rings. The molecular formula is C16H20BrNO2. The number of amides is 1. The van der Waals surface area contributed by atoms with Crippen molar-refractivity contribution in [3.8, 4) is 0 Å². The van der Waals surface area contributed by atoms with Crippen LogP contribution in [0.15, 0.2) is 18.2 Å². The Balaban J connectivity index is 1.69. The number of hydrogen-bond acceptors (Lipinski definition) is 2. The molecule has 0 saturated heterocycles. The van der Waals surface area contributed by atoms with Gasteiger partial charge in [-0.3, -0.25) is 4.79 Å². The van der Waals surface area contributed by atoms with E-state index in [0.29, 0.717) is 18.0 Å². The largest absolute Gasteiger partial charge is 0.372 e. The molecule has 0 bridgehead atoms. The van der Waals surface area contributed by atoms with E-state index in [4.69, 9.17) is 4.74 Å². The molecule has 1 aliphatic heterocycles. The van der Waals surface area contributed by atoms with Crippen molar-refractivity contribution in [2.45, 2.75) is 56.2 Å². The lowest BCUT2D eigenvalue weighted by molar-refractivity contribution is 0.0934. The quantitative estimate of drug-likeness (QED) is 0.662. The lowest BCUT2D eigenvalue weighted by Crippen LogP contribution is -2.40. The number of rotatable bonds is 2. The summed E-state index contributed by atoms with van der Waals surface area (Å²) in [7, 11) is 0. The van der Waals surface area contributed by atoms with Crippen molar-refractivity contribution < 1.29 is 9.53 Å². The van der Waals surface area contributed by atoms with Gasteiger partial charge in [-0.25, -0.2) is 0 Å². The SMILES string of the molecule is O=C(NC1CCCCCC1Br)c1ccc2c(c1)COC2. The molecule has 1 aliphatic carbocycles. The standard InChI is InChI=1S/C16H20BrNO2/c17-14-4-2-1-3-5-15(14)18-16(19)11-6-7-12-9-20-10-13(12)8-11/h6-8,14-15H,1-5,9-10H2,(H,18,19). The predicted molar refractivity (Wildman–Crippen MR) is 82.0 cm³/mol. The van der Waals surface area contributed by atoms with Gasteiger partial charge in [-0.1, -0.05) is 41.3 Å². The van der Waals surface area contributed by atoms with Gasteiger partial charge >= 0.3 is 0 Å². The van der Waals surface area contributed by atoms with Crippen molar-refractivity contribution in [1.29, 1.82) is 0 Å². The van der Waals surface area contributed by atoms with E-state index in [9.17, 15) is 4.79 Å². The molecule has 1 heterocycles. The van der Waals surface area contributed by atoms with Gasteiger partial charge in [-0.2, -0.15) is 0 Å². The van der Waals surface area contributed by atoms with Crippen LogP contribution in [0.4, 0.5) is 0 Å². The zero-order chi connectivity index (χ0) is 13.9. The van der Waals surface area contributed by atoms with Crippen LogP contribution in [0.5, 0.6) is 0 Å². The minimum absolute atomic E-state index is 0.0380. The molecule has 2 atom stereocenters. The number of benzene rings is 1. The van der Waals surface area contributed by atoms with Crippen LogP contribution in [0.2, 0.25) is 0 Å². The fourth-order valence-electron chi connectivity index (χ4n) is 2.99. The summed E-state index contributed by atoms with van der Waals surface area (Å²) in [5.74, 6) is 0.0380. The third-order valence-electron chi connectivity index (χ3n) is 4.23. The fourth-order valence-corrected chi connectivity index (χ4v) is 3.71. The molecular weight excluding hydrogens is 318 g/mol. The van der Waals surface area contributed by atoms with Crippen LogP contribution >= 0.6 is 15.9 Å². The Hall–Kier alpha value is -0.870. The summed E-state index contributed by atoms with van der Waals surface area (Å²) in [5, 5.41) is 3.19. The van der Waals surface area contributed by atoms with Crippen molar-refractivity contribution in [2.24, 2.45) is 0 Å². The summed E-state index contributed by atoms with van der Waals surface area (Å²) in [6, 6.07) is 6.13. The first-order chi connectivity index (χ1) is 9.74. The molecule has 0 spiro atoms. The average molecular weight is 338 g/mol. The van der Waals surface area contributed by atoms with Crippen molar-refractivity contribution in [1.82, 2.24) is 5.32 Å². The van der Waals surface area contributed by atoms with Crippen LogP contribution in [0, 0.1) is 0 Å². The Kier molecular flexibility index (Phi) is 4.41. The van der Waals surface area contributed by atoms with E-state index in [1.165, 1.54) is 24.8 Å². The molecule has 3 nitrogen and oxygen atoms in total. The van der Waals surface area contributed by atoms with Crippen LogP contribution < -0.4 is 5.32 Å². The van der Waals surface area contributed by atoms with Crippen LogP contribution in [-0.4, -0.2) is 16.8 Å². The van der Waals surface area contributed by atoms with Crippen LogP contribution in [0.25, 0.3) is 0 Å². The minimum atomic E-state index is 0.0380. The zero-order valence-electron chi connectivity index (χ0n) is 11.5. The maximum absolute atomic E-state index is 12.4. The molecule has 20 heavy (non-hydrogen) atoms. The van der Waals surface area contributed by atoms with Gasteiger partial charge in [-0.05, 0) is 36.1 Å².